The molecule has 4 heteroatoms. The highest BCUT2D eigenvalue weighted by atomic mass is 16.2. The van der Waals surface area contributed by atoms with Gasteiger partial charge in [-0.05, 0) is 50.3 Å². The van der Waals surface area contributed by atoms with Gasteiger partial charge in [0.2, 0.25) is 5.91 Å². The molecule has 1 aliphatic carbocycles. The Morgan fingerprint density at radius 1 is 1.23 bits per heavy atom. The van der Waals surface area contributed by atoms with Gasteiger partial charge in [-0.15, -0.1) is 0 Å². The van der Waals surface area contributed by atoms with E-state index in [4.69, 9.17) is 5.26 Å². The average molecular weight is 297 g/mol. The number of nitrogens with zero attached hydrogens (tertiary/aromatic N) is 2. The van der Waals surface area contributed by atoms with E-state index in [0.29, 0.717) is 23.8 Å². The largest absolute Gasteiger partial charge is 0.324 e. The molecule has 0 aromatic heterocycles. The van der Waals surface area contributed by atoms with Crippen molar-refractivity contribution in [2.45, 2.75) is 44.6 Å². The summed E-state index contributed by atoms with van der Waals surface area (Å²) in [6.45, 7) is 1.47. The molecule has 1 heterocycles. The number of hydrogen-bond acceptors (Lipinski definition) is 3. The van der Waals surface area contributed by atoms with Crippen molar-refractivity contribution < 1.29 is 4.79 Å². The van der Waals surface area contributed by atoms with E-state index < -0.39 is 0 Å². The first-order valence-electron chi connectivity index (χ1n) is 8.31. The number of benzene rings is 1. The Bertz CT molecular complexity index is 576. The number of rotatable bonds is 3. The molecule has 3 rings (SSSR count). The minimum atomic E-state index is -0.00563. The van der Waals surface area contributed by atoms with E-state index in [9.17, 15) is 4.79 Å². The van der Waals surface area contributed by atoms with E-state index in [-0.39, 0.29) is 5.91 Å². The molecule has 22 heavy (non-hydrogen) atoms. The zero-order chi connectivity index (χ0) is 15.4. The number of para-hydroxylation sites is 1. The Morgan fingerprint density at radius 3 is 2.86 bits per heavy atom. The highest BCUT2D eigenvalue weighted by Gasteiger charge is 2.33. The van der Waals surface area contributed by atoms with Gasteiger partial charge in [-0.1, -0.05) is 25.0 Å². The third kappa shape index (κ3) is 3.31. The van der Waals surface area contributed by atoms with Crippen LogP contribution >= 0.6 is 0 Å². The number of likely N-dealkylation sites (tertiary alicyclic amines) is 1. The van der Waals surface area contributed by atoms with E-state index in [1.165, 1.54) is 38.5 Å². The maximum atomic E-state index is 12.4. The van der Waals surface area contributed by atoms with Crippen molar-refractivity contribution in [2.24, 2.45) is 5.92 Å². The minimum Gasteiger partial charge on any atom is -0.324 e. The quantitative estimate of drug-likeness (QED) is 0.932. The van der Waals surface area contributed by atoms with Crippen molar-refractivity contribution in [1.29, 1.82) is 5.26 Å². The summed E-state index contributed by atoms with van der Waals surface area (Å²) >= 11 is 0. The molecule has 0 unspecified atom stereocenters. The molecule has 0 spiro atoms. The van der Waals surface area contributed by atoms with Gasteiger partial charge in [0.05, 0.1) is 17.8 Å². The predicted molar refractivity (Wildman–Crippen MR) is 86.3 cm³/mol. The smallest absolute Gasteiger partial charge is 0.238 e. The second-order valence-corrected chi connectivity index (χ2v) is 6.43. The van der Waals surface area contributed by atoms with Gasteiger partial charge in [0.25, 0.3) is 0 Å². The molecule has 1 amide bonds. The van der Waals surface area contributed by atoms with Crippen molar-refractivity contribution in [3.05, 3.63) is 29.8 Å². The number of carbonyl (C=O) groups is 1. The van der Waals surface area contributed by atoms with Crippen molar-refractivity contribution >= 4 is 11.6 Å². The maximum absolute atomic E-state index is 12.4. The summed E-state index contributed by atoms with van der Waals surface area (Å²) in [5.74, 6) is 0.774. The Morgan fingerprint density at radius 2 is 2.00 bits per heavy atom. The van der Waals surface area contributed by atoms with Crippen LogP contribution in [0, 0.1) is 17.2 Å². The zero-order valence-corrected chi connectivity index (χ0v) is 12.9. The molecule has 1 saturated carbocycles. The van der Waals surface area contributed by atoms with Gasteiger partial charge in [-0.2, -0.15) is 5.26 Å². The molecule has 1 aliphatic heterocycles. The van der Waals surface area contributed by atoms with Crippen molar-refractivity contribution in [1.82, 2.24) is 4.90 Å². The van der Waals surface area contributed by atoms with Gasteiger partial charge in [-0.3, -0.25) is 9.69 Å². The molecule has 2 atom stereocenters. The first-order chi connectivity index (χ1) is 10.8. The molecule has 1 saturated heterocycles. The summed E-state index contributed by atoms with van der Waals surface area (Å²) in [4.78, 5) is 14.7. The van der Waals surface area contributed by atoms with Crippen LogP contribution in [0.25, 0.3) is 0 Å². The average Bonchev–Trinajstić information content (AvgIpc) is 2.55. The van der Waals surface area contributed by atoms with Gasteiger partial charge < -0.3 is 5.32 Å². The molecule has 1 N–H and O–H groups in total. The Kier molecular flexibility index (Phi) is 4.74. The van der Waals surface area contributed by atoms with Crippen molar-refractivity contribution in [2.75, 3.05) is 18.4 Å². The van der Waals surface area contributed by atoms with Crippen LogP contribution in [0.4, 0.5) is 5.69 Å². The number of hydrogen-bond donors (Lipinski definition) is 1. The predicted octanol–water partition coefficient (Wildman–Crippen LogP) is 3.15. The first-order valence-corrected chi connectivity index (χ1v) is 8.31. The Balaban J connectivity index is 1.62. The fourth-order valence-corrected chi connectivity index (χ4v) is 3.99. The van der Waals surface area contributed by atoms with E-state index in [0.717, 1.165) is 12.5 Å². The lowest BCUT2D eigenvalue weighted by Crippen LogP contribution is -2.49. The van der Waals surface area contributed by atoms with Gasteiger partial charge in [0.15, 0.2) is 0 Å². The number of anilines is 1. The number of fused-ring (bicyclic) bond motifs is 1. The summed E-state index contributed by atoms with van der Waals surface area (Å²) in [7, 11) is 0. The number of nitrogens with one attached hydrogen (secondary N) is 1. The Labute approximate surface area is 132 Å². The van der Waals surface area contributed by atoms with Crippen LogP contribution < -0.4 is 5.32 Å². The second kappa shape index (κ2) is 6.93. The summed E-state index contributed by atoms with van der Waals surface area (Å²) in [5.41, 5.74) is 1.14. The SMILES string of the molecule is N#Cc1ccccc1NC(=O)CN1CCC[C@H]2CCCC[C@@H]21. The molecule has 1 aromatic carbocycles. The summed E-state index contributed by atoms with van der Waals surface area (Å²) in [5, 5.41) is 12.0. The minimum absolute atomic E-state index is 0.00563. The number of amides is 1. The normalized spacial score (nSPS) is 25.0. The Hall–Kier alpha value is -1.86. The number of carbonyl (C=O) groups excluding carboxylic acids is 1. The lowest BCUT2D eigenvalue weighted by molar-refractivity contribution is -0.118. The van der Waals surface area contributed by atoms with Gasteiger partial charge in [0.1, 0.15) is 6.07 Å². The van der Waals surface area contributed by atoms with Crippen molar-refractivity contribution in [3.8, 4) is 6.07 Å². The van der Waals surface area contributed by atoms with Crippen LogP contribution in [0.15, 0.2) is 24.3 Å². The topological polar surface area (TPSA) is 56.1 Å². The molecule has 2 fully saturated rings. The summed E-state index contributed by atoms with van der Waals surface area (Å²) in [6.07, 6.45) is 7.70. The fraction of sp³-hybridized carbons (Fsp3) is 0.556. The maximum Gasteiger partial charge on any atom is 0.238 e. The van der Waals surface area contributed by atoms with Gasteiger partial charge >= 0.3 is 0 Å². The van der Waals surface area contributed by atoms with E-state index in [2.05, 4.69) is 16.3 Å². The van der Waals surface area contributed by atoms with E-state index in [1.807, 2.05) is 12.1 Å². The molecule has 0 radical (unpaired) electrons. The van der Waals surface area contributed by atoms with Gasteiger partial charge in [-0.25, -0.2) is 0 Å². The summed E-state index contributed by atoms with van der Waals surface area (Å²) < 4.78 is 0. The molecular weight excluding hydrogens is 274 g/mol. The van der Waals surface area contributed by atoms with Gasteiger partial charge in [0, 0.05) is 6.04 Å². The molecule has 0 bridgehead atoms. The monoisotopic (exact) mass is 297 g/mol. The standard InChI is InChI=1S/C18H23N3O/c19-12-15-7-1-3-9-16(15)20-18(22)13-21-11-5-8-14-6-2-4-10-17(14)21/h1,3,7,9,14,17H,2,4-6,8,10-11,13H2,(H,20,22)/t14-,17+/m1/s1. The molecule has 4 nitrogen and oxygen atoms in total. The van der Waals surface area contributed by atoms with Crippen LogP contribution in [0.5, 0.6) is 0 Å². The molecule has 1 aromatic rings. The highest BCUT2D eigenvalue weighted by Crippen LogP contribution is 2.35. The third-order valence-corrected chi connectivity index (χ3v) is 5.03. The van der Waals surface area contributed by atoms with Crippen LogP contribution in [0.3, 0.4) is 0 Å². The molecule has 116 valence electrons. The van der Waals surface area contributed by atoms with Crippen LogP contribution in [0.1, 0.15) is 44.1 Å². The summed E-state index contributed by atoms with van der Waals surface area (Å²) in [6, 6.07) is 9.87. The lowest BCUT2D eigenvalue weighted by Gasteiger charge is -2.43. The van der Waals surface area contributed by atoms with Crippen LogP contribution in [-0.2, 0) is 4.79 Å². The number of nitriles is 1. The van der Waals surface area contributed by atoms with Crippen molar-refractivity contribution in [3.63, 3.8) is 0 Å². The van der Waals surface area contributed by atoms with E-state index in [1.54, 1.807) is 12.1 Å². The lowest BCUT2D eigenvalue weighted by atomic mass is 9.78. The third-order valence-electron chi connectivity index (χ3n) is 5.03. The van der Waals surface area contributed by atoms with Crippen LogP contribution in [0.2, 0.25) is 0 Å². The molecule has 2 aliphatic rings. The second-order valence-electron chi connectivity index (χ2n) is 6.43. The van der Waals surface area contributed by atoms with Crippen LogP contribution in [-0.4, -0.2) is 29.9 Å². The fourth-order valence-electron chi connectivity index (χ4n) is 3.99. The number of piperidine rings is 1. The van der Waals surface area contributed by atoms with E-state index >= 15 is 0 Å². The highest BCUT2D eigenvalue weighted by molar-refractivity contribution is 5.93. The zero-order valence-electron chi connectivity index (χ0n) is 12.9. The molecular formula is C18H23N3O. The first kappa shape index (κ1) is 15.1.